The molecule has 0 unspecified atom stereocenters. The first-order chi connectivity index (χ1) is 12.9. The van der Waals surface area contributed by atoms with Gasteiger partial charge in [-0.25, -0.2) is 4.99 Å². The molecule has 1 aliphatic carbocycles. The Kier molecular flexibility index (Phi) is 5.68. The lowest BCUT2D eigenvalue weighted by atomic mass is 9.72. The van der Waals surface area contributed by atoms with Crippen LogP contribution in [0.3, 0.4) is 0 Å². The molecule has 1 aromatic heterocycles. The van der Waals surface area contributed by atoms with E-state index in [0.717, 1.165) is 41.1 Å². The fourth-order valence-electron chi connectivity index (χ4n) is 3.43. The zero-order valence-electron chi connectivity index (χ0n) is 16.1. The van der Waals surface area contributed by atoms with Crippen molar-refractivity contribution in [1.82, 2.24) is 0 Å². The molecular formula is C23H24N2OS. The molecule has 0 spiro atoms. The van der Waals surface area contributed by atoms with E-state index in [2.05, 4.69) is 37.8 Å². The first-order valence-electron chi connectivity index (χ1n) is 9.17. The van der Waals surface area contributed by atoms with E-state index in [1.807, 2.05) is 30.5 Å². The van der Waals surface area contributed by atoms with Crippen LogP contribution in [0, 0.1) is 35.0 Å². The third-order valence-electron chi connectivity index (χ3n) is 5.12. The summed E-state index contributed by atoms with van der Waals surface area (Å²) in [5.41, 5.74) is 3.23. The average molecular weight is 377 g/mol. The van der Waals surface area contributed by atoms with Crippen LogP contribution in [0.25, 0.3) is 0 Å². The largest absolute Gasteiger partial charge is 0.481 e. The molecule has 0 radical (unpaired) electrons. The van der Waals surface area contributed by atoms with Crippen molar-refractivity contribution in [2.24, 2.45) is 16.3 Å². The van der Waals surface area contributed by atoms with Crippen molar-refractivity contribution in [3.05, 3.63) is 45.8 Å². The van der Waals surface area contributed by atoms with Gasteiger partial charge in [0.2, 0.25) is 0 Å². The molecule has 1 aromatic carbocycles. The monoisotopic (exact) mass is 376 g/mol. The number of hydrogen-bond acceptors (Lipinski definition) is 4. The first-order valence-corrected chi connectivity index (χ1v) is 9.99. The summed E-state index contributed by atoms with van der Waals surface area (Å²) in [7, 11) is 0. The highest BCUT2D eigenvalue weighted by molar-refractivity contribution is 7.16. The number of benzene rings is 1. The Morgan fingerprint density at radius 3 is 2.70 bits per heavy atom. The standard InChI is InChI=1S/C23H24N2OS/c1-5-12-26-18-9-6-16(7-10-18)15-25-22-20(14-24)19-11-8-17(23(2,3)4)13-21(19)27-22/h1,6-7,9-10,15,17H,8,11-13H2,2-4H3/t17-/m1/s1. The molecule has 0 saturated carbocycles. The van der Waals surface area contributed by atoms with E-state index in [0.29, 0.717) is 11.3 Å². The van der Waals surface area contributed by atoms with Crippen LogP contribution in [0.4, 0.5) is 5.00 Å². The molecule has 0 amide bonds. The third kappa shape index (κ3) is 4.41. The van der Waals surface area contributed by atoms with Gasteiger partial charge in [0.1, 0.15) is 23.4 Å². The van der Waals surface area contributed by atoms with E-state index in [9.17, 15) is 5.26 Å². The van der Waals surface area contributed by atoms with Gasteiger partial charge in [-0.15, -0.1) is 17.8 Å². The van der Waals surface area contributed by atoms with Gasteiger partial charge in [-0.05, 0) is 66.0 Å². The van der Waals surface area contributed by atoms with Gasteiger partial charge >= 0.3 is 0 Å². The highest BCUT2D eigenvalue weighted by Gasteiger charge is 2.32. The lowest BCUT2D eigenvalue weighted by Crippen LogP contribution is -2.26. The fourth-order valence-corrected chi connectivity index (χ4v) is 4.65. The average Bonchev–Trinajstić information content (AvgIpc) is 3.01. The van der Waals surface area contributed by atoms with Crippen LogP contribution in [-0.4, -0.2) is 12.8 Å². The maximum Gasteiger partial charge on any atom is 0.148 e. The Bertz CT molecular complexity index is 918. The lowest BCUT2D eigenvalue weighted by Gasteiger charge is -2.33. The van der Waals surface area contributed by atoms with Gasteiger partial charge in [-0.1, -0.05) is 26.7 Å². The van der Waals surface area contributed by atoms with Crippen LogP contribution in [-0.2, 0) is 12.8 Å². The summed E-state index contributed by atoms with van der Waals surface area (Å²) >= 11 is 1.67. The van der Waals surface area contributed by atoms with E-state index in [1.54, 1.807) is 11.3 Å². The number of rotatable bonds is 4. The highest BCUT2D eigenvalue weighted by atomic mass is 32.1. The lowest BCUT2D eigenvalue weighted by molar-refractivity contribution is 0.218. The normalized spacial score (nSPS) is 16.6. The molecule has 27 heavy (non-hydrogen) atoms. The minimum absolute atomic E-state index is 0.259. The Hall–Kier alpha value is -2.56. The van der Waals surface area contributed by atoms with Crippen LogP contribution in [0.15, 0.2) is 29.3 Å². The van der Waals surface area contributed by atoms with Gasteiger partial charge < -0.3 is 4.74 Å². The second-order valence-corrected chi connectivity index (χ2v) is 9.01. The number of aliphatic imine (C=N–C) groups is 1. The van der Waals surface area contributed by atoms with E-state index in [1.165, 1.54) is 10.4 Å². The van der Waals surface area contributed by atoms with Crippen LogP contribution in [0.1, 0.15) is 48.8 Å². The summed E-state index contributed by atoms with van der Waals surface area (Å²) in [5.74, 6) is 3.84. The molecule has 0 fully saturated rings. The number of fused-ring (bicyclic) bond motifs is 1. The minimum atomic E-state index is 0.259. The van der Waals surface area contributed by atoms with Crippen molar-refractivity contribution in [1.29, 1.82) is 5.26 Å². The molecule has 3 nitrogen and oxygen atoms in total. The van der Waals surface area contributed by atoms with Gasteiger partial charge in [0.25, 0.3) is 0 Å². The summed E-state index contributed by atoms with van der Waals surface area (Å²) in [6, 6.07) is 10.00. The first kappa shape index (κ1) is 19.2. The minimum Gasteiger partial charge on any atom is -0.481 e. The van der Waals surface area contributed by atoms with Crippen LogP contribution in [0.5, 0.6) is 5.75 Å². The van der Waals surface area contributed by atoms with Crippen molar-refractivity contribution >= 4 is 22.6 Å². The summed E-state index contributed by atoms with van der Waals surface area (Å²) in [6.07, 6.45) is 10.2. The Balaban J connectivity index is 1.80. The Labute approximate surface area is 165 Å². The van der Waals surface area contributed by atoms with E-state index >= 15 is 0 Å². The molecule has 0 N–H and O–H groups in total. The molecule has 0 aliphatic heterocycles. The molecule has 1 aliphatic rings. The maximum atomic E-state index is 9.66. The SMILES string of the molecule is C#CCOc1ccc(C=Nc2sc3c(c2C#N)CC[C@@H](C(C)(C)C)C3)cc1. The second-order valence-electron chi connectivity index (χ2n) is 7.92. The smallest absolute Gasteiger partial charge is 0.148 e. The molecule has 0 bridgehead atoms. The molecule has 3 rings (SSSR count). The fraction of sp³-hybridized carbons (Fsp3) is 0.391. The topological polar surface area (TPSA) is 45.4 Å². The molecular weight excluding hydrogens is 352 g/mol. The number of terminal acetylenes is 1. The molecule has 2 aromatic rings. The summed E-state index contributed by atoms with van der Waals surface area (Å²) in [4.78, 5) is 5.97. The third-order valence-corrected chi connectivity index (χ3v) is 6.28. The van der Waals surface area contributed by atoms with Crippen molar-refractivity contribution in [2.75, 3.05) is 6.61 Å². The van der Waals surface area contributed by atoms with E-state index < -0.39 is 0 Å². The molecule has 0 saturated heterocycles. The van der Waals surface area contributed by atoms with E-state index in [-0.39, 0.29) is 6.61 Å². The van der Waals surface area contributed by atoms with Crippen molar-refractivity contribution < 1.29 is 4.74 Å². The zero-order chi connectivity index (χ0) is 19.4. The number of nitrogens with zero attached hydrogens (tertiary/aromatic N) is 2. The second kappa shape index (κ2) is 7.99. The quantitative estimate of drug-likeness (QED) is 0.520. The Morgan fingerprint density at radius 2 is 2.07 bits per heavy atom. The zero-order valence-corrected chi connectivity index (χ0v) is 16.9. The van der Waals surface area contributed by atoms with Crippen molar-refractivity contribution in [3.8, 4) is 24.2 Å². The summed E-state index contributed by atoms with van der Waals surface area (Å²) in [5, 5.41) is 10.5. The molecule has 4 heteroatoms. The van der Waals surface area contributed by atoms with Crippen molar-refractivity contribution in [3.63, 3.8) is 0 Å². The number of ether oxygens (including phenoxy) is 1. The molecule has 1 atom stereocenters. The predicted octanol–water partition coefficient (Wildman–Crippen LogP) is 5.53. The number of nitriles is 1. The van der Waals surface area contributed by atoms with Crippen LogP contribution >= 0.6 is 11.3 Å². The number of thiophene rings is 1. The van der Waals surface area contributed by atoms with Gasteiger partial charge in [0.05, 0.1) is 5.56 Å². The molecule has 1 heterocycles. The van der Waals surface area contributed by atoms with E-state index in [4.69, 9.17) is 11.2 Å². The van der Waals surface area contributed by atoms with Gasteiger partial charge in [0.15, 0.2) is 0 Å². The van der Waals surface area contributed by atoms with Gasteiger partial charge in [-0.3, -0.25) is 0 Å². The number of hydrogen-bond donors (Lipinski definition) is 0. The van der Waals surface area contributed by atoms with Crippen LogP contribution < -0.4 is 4.74 Å². The van der Waals surface area contributed by atoms with Gasteiger partial charge in [-0.2, -0.15) is 5.26 Å². The summed E-state index contributed by atoms with van der Waals surface area (Å²) in [6.45, 7) is 7.17. The van der Waals surface area contributed by atoms with Gasteiger partial charge in [0, 0.05) is 11.1 Å². The highest BCUT2D eigenvalue weighted by Crippen LogP contribution is 2.44. The summed E-state index contributed by atoms with van der Waals surface area (Å²) < 4.78 is 5.38. The molecule has 138 valence electrons. The maximum absolute atomic E-state index is 9.66. The predicted molar refractivity (Wildman–Crippen MR) is 112 cm³/mol. The van der Waals surface area contributed by atoms with Crippen molar-refractivity contribution in [2.45, 2.75) is 40.0 Å². The van der Waals surface area contributed by atoms with Crippen LogP contribution in [0.2, 0.25) is 0 Å². The Morgan fingerprint density at radius 1 is 1.33 bits per heavy atom.